The number of methoxy groups -OCH3 is 1. The summed E-state index contributed by atoms with van der Waals surface area (Å²) in [6.07, 6.45) is 0. The second-order valence-corrected chi connectivity index (χ2v) is 5.62. The molecule has 0 saturated heterocycles. The molecule has 3 rings (SSSR count). The smallest absolute Gasteiger partial charge is 0.276 e. The largest absolute Gasteiger partial charge is 0.495 e. The van der Waals surface area contributed by atoms with Gasteiger partial charge in [0.1, 0.15) is 11.6 Å². The number of carbonyl (C=O) groups is 1. The van der Waals surface area contributed by atoms with Crippen LogP contribution in [0.4, 0.5) is 21.6 Å². The highest BCUT2D eigenvalue weighted by Gasteiger charge is 2.11. The number of nitrogens with one attached hydrogen (secondary N) is 2. The lowest BCUT2D eigenvalue weighted by molar-refractivity contribution is 0.102. The fourth-order valence-corrected chi connectivity index (χ4v) is 2.36. The quantitative estimate of drug-likeness (QED) is 0.699. The monoisotopic (exact) mass is 372 g/mol. The number of para-hydroxylation sites is 2. The van der Waals surface area contributed by atoms with Gasteiger partial charge < -0.3 is 15.4 Å². The SMILES string of the molecule is COc1ccccc1Nc1ccc(C(=O)Nc2ccc(F)c(Cl)c2)nn1. The van der Waals surface area contributed by atoms with Crippen molar-refractivity contribution in [2.24, 2.45) is 0 Å². The third-order valence-electron chi connectivity index (χ3n) is 3.44. The molecule has 0 atom stereocenters. The summed E-state index contributed by atoms with van der Waals surface area (Å²) in [6.45, 7) is 0. The van der Waals surface area contributed by atoms with Gasteiger partial charge in [-0.15, -0.1) is 10.2 Å². The van der Waals surface area contributed by atoms with E-state index in [0.29, 0.717) is 17.3 Å². The minimum Gasteiger partial charge on any atom is -0.495 e. The average Bonchev–Trinajstić information content (AvgIpc) is 2.66. The molecule has 26 heavy (non-hydrogen) atoms. The Kier molecular flexibility index (Phi) is 5.28. The van der Waals surface area contributed by atoms with Crippen LogP contribution >= 0.6 is 11.6 Å². The first-order valence-corrected chi connectivity index (χ1v) is 7.95. The van der Waals surface area contributed by atoms with Crippen molar-refractivity contribution in [3.8, 4) is 5.75 Å². The summed E-state index contributed by atoms with van der Waals surface area (Å²) in [5, 5.41) is 13.4. The summed E-state index contributed by atoms with van der Waals surface area (Å²) in [5.41, 5.74) is 1.19. The number of ether oxygens (including phenoxy) is 1. The molecule has 0 bridgehead atoms. The molecule has 1 aromatic heterocycles. The highest BCUT2D eigenvalue weighted by molar-refractivity contribution is 6.31. The van der Waals surface area contributed by atoms with Gasteiger partial charge in [-0.25, -0.2) is 4.39 Å². The first kappa shape index (κ1) is 17.6. The Morgan fingerprint density at radius 2 is 1.92 bits per heavy atom. The molecule has 1 heterocycles. The van der Waals surface area contributed by atoms with Gasteiger partial charge in [-0.2, -0.15) is 0 Å². The second-order valence-electron chi connectivity index (χ2n) is 5.21. The zero-order valence-corrected chi connectivity index (χ0v) is 14.4. The van der Waals surface area contributed by atoms with Crippen LogP contribution in [0.25, 0.3) is 0 Å². The molecule has 1 amide bonds. The fraction of sp³-hybridized carbons (Fsp3) is 0.0556. The maximum absolute atomic E-state index is 13.2. The van der Waals surface area contributed by atoms with Gasteiger partial charge in [0.15, 0.2) is 11.5 Å². The lowest BCUT2D eigenvalue weighted by Gasteiger charge is -2.10. The maximum Gasteiger partial charge on any atom is 0.276 e. The van der Waals surface area contributed by atoms with Crippen LogP contribution in [-0.4, -0.2) is 23.2 Å². The van der Waals surface area contributed by atoms with Gasteiger partial charge in [-0.05, 0) is 42.5 Å². The lowest BCUT2D eigenvalue weighted by atomic mass is 10.2. The summed E-state index contributed by atoms with van der Waals surface area (Å²) in [7, 11) is 1.57. The first-order valence-electron chi connectivity index (χ1n) is 7.57. The number of halogens is 2. The molecule has 0 fully saturated rings. The van der Waals surface area contributed by atoms with Gasteiger partial charge in [0.2, 0.25) is 0 Å². The Labute approximate surface area is 154 Å². The minimum absolute atomic E-state index is 0.0785. The summed E-state index contributed by atoms with van der Waals surface area (Å²) in [6, 6.07) is 14.4. The molecule has 0 unspecified atom stereocenters. The number of hydrogen-bond donors (Lipinski definition) is 2. The molecular weight excluding hydrogens is 359 g/mol. The number of carbonyl (C=O) groups excluding carboxylic acids is 1. The van der Waals surface area contributed by atoms with Crippen LogP contribution < -0.4 is 15.4 Å². The highest BCUT2D eigenvalue weighted by atomic mass is 35.5. The number of hydrogen-bond acceptors (Lipinski definition) is 5. The summed E-state index contributed by atoms with van der Waals surface area (Å²) < 4.78 is 18.4. The molecule has 0 saturated carbocycles. The third kappa shape index (κ3) is 4.07. The van der Waals surface area contributed by atoms with Crippen molar-refractivity contribution in [2.75, 3.05) is 17.7 Å². The van der Waals surface area contributed by atoms with Gasteiger partial charge in [-0.3, -0.25) is 4.79 Å². The van der Waals surface area contributed by atoms with Crippen molar-refractivity contribution in [3.05, 3.63) is 71.1 Å². The molecule has 0 aliphatic rings. The molecule has 6 nitrogen and oxygen atoms in total. The molecule has 0 spiro atoms. The van der Waals surface area contributed by atoms with E-state index in [1.165, 1.54) is 24.3 Å². The predicted molar refractivity (Wildman–Crippen MR) is 97.7 cm³/mol. The van der Waals surface area contributed by atoms with E-state index in [4.69, 9.17) is 16.3 Å². The normalized spacial score (nSPS) is 10.3. The van der Waals surface area contributed by atoms with Crippen molar-refractivity contribution in [1.82, 2.24) is 10.2 Å². The van der Waals surface area contributed by atoms with Crippen LogP contribution in [0.2, 0.25) is 5.02 Å². The predicted octanol–water partition coefficient (Wildman–Crippen LogP) is 4.27. The number of rotatable bonds is 5. The van der Waals surface area contributed by atoms with Crippen molar-refractivity contribution >= 4 is 34.7 Å². The standard InChI is InChI=1S/C18H14ClFN4O2/c1-26-16-5-3-2-4-14(16)22-17-9-8-15(23-24-17)18(25)21-11-6-7-13(20)12(19)10-11/h2-10H,1H3,(H,21,25)(H,22,24). The summed E-state index contributed by atoms with van der Waals surface area (Å²) in [5.74, 6) is 0.0698. The molecule has 2 aromatic carbocycles. The van der Waals surface area contributed by atoms with Crippen molar-refractivity contribution in [3.63, 3.8) is 0 Å². The number of aromatic nitrogens is 2. The van der Waals surface area contributed by atoms with E-state index in [0.717, 1.165) is 5.69 Å². The molecule has 0 radical (unpaired) electrons. The first-order chi connectivity index (χ1) is 12.6. The molecule has 0 aliphatic carbocycles. The van der Waals surface area contributed by atoms with Gasteiger partial charge in [0.25, 0.3) is 5.91 Å². The Morgan fingerprint density at radius 3 is 2.62 bits per heavy atom. The number of amides is 1. The van der Waals surface area contributed by atoms with Crippen LogP contribution in [0.5, 0.6) is 5.75 Å². The maximum atomic E-state index is 13.2. The van der Waals surface area contributed by atoms with Crippen molar-refractivity contribution in [2.45, 2.75) is 0 Å². The topological polar surface area (TPSA) is 76.1 Å². The van der Waals surface area contributed by atoms with Crippen LogP contribution in [0, 0.1) is 5.82 Å². The Balaban J connectivity index is 1.70. The van der Waals surface area contributed by atoms with Crippen LogP contribution in [0.3, 0.4) is 0 Å². The van der Waals surface area contributed by atoms with E-state index in [1.54, 1.807) is 13.2 Å². The highest BCUT2D eigenvalue weighted by Crippen LogP contribution is 2.26. The zero-order chi connectivity index (χ0) is 18.5. The van der Waals surface area contributed by atoms with Crippen LogP contribution in [-0.2, 0) is 0 Å². The number of anilines is 3. The Morgan fingerprint density at radius 1 is 1.12 bits per heavy atom. The van der Waals surface area contributed by atoms with E-state index in [9.17, 15) is 9.18 Å². The van der Waals surface area contributed by atoms with Crippen molar-refractivity contribution < 1.29 is 13.9 Å². The van der Waals surface area contributed by atoms with Crippen molar-refractivity contribution in [1.29, 1.82) is 0 Å². The zero-order valence-electron chi connectivity index (χ0n) is 13.7. The van der Waals surface area contributed by atoms with E-state index >= 15 is 0 Å². The fourth-order valence-electron chi connectivity index (χ4n) is 2.17. The third-order valence-corrected chi connectivity index (χ3v) is 3.73. The average molecular weight is 373 g/mol. The number of benzene rings is 2. The second kappa shape index (κ2) is 7.79. The molecule has 132 valence electrons. The van der Waals surface area contributed by atoms with E-state index in [1.807, 2.05) is 24.3 Å². The molecule has 8 heteroatoms. The van der Waals surface area contributed by atoms with Gasteiger partial charge >= 0.3 is 0 Å². The van der Waals surface area contributed by atoms with E-state index in [-0.39, 0.29) is 10.7 Å². The Bertz CT molecular complexity index is 935. The van der Waals surface area contributed by atoms with Gasteiger partial charge in [-0.1, -0.05) is 23.7 Å². The molecule has 2 N–H and O–H groups in total. The lowest BCUT2D eigenvalue weighted by Crippen LogP contribution is -2.14. The Hall–Kier alpha value is -3.19. The minimum atomic E-state index is -0.559. The molecule has 0 aliphatic heterocycles. The number of nitrogens with zero attached hydrogens (tertiary/aromatic N) is 2. The van der Waals surface area contributed by atoms with Gasteiger partial charge in [0, 0.05) is 5.69 Å². The molecular formula is C18H14ClFN4O2. The van der Waals surface area contributed by atoms with Crippen LogP contribution in [0.1, 0.15) is 10.5 Å². The summed E-state index contributed by atoms with van der Waals surface area (Å²) in [4.78, 5) is 12.2. The van der Waals surface area contributed by atoms with E-state index < -0.39 is 11.7 Å². The molecule has 3 aromatic rings. The summed E-state index contributed by atoms with van der Waals surface area (Å²) >= 11 is 5.69. The van der Waals surface area contributed by atoms with Gasteiger partial charge in [0.05, 0.1) is 17.8 Å². The van der Waals surface area contributed by atoms with E-state index in [2.05, 4.69) is 20.8 Å². The van der Waals surface area contributed by atoms with Crippen LogP contribution in [0.15, 0.2) is 54.6 Å².